The van der Waals surface area contributed by atoms with Gasteiger partial charge in [0.05, 0.1) is 117 Å². The number of unbranched alkanes of at least 4 members (excludes halogenated alkanes) is 1. The number of ether oxygens (including phenoxy) is 4. The van der Waals surface area contributed by atoms with Gasteiger partial charge in [-0.1, -0.05) is 74.2 Å². The molecule has 2 heterocycles. The molecule has 0 saturated heterocycles. The number of carboxylic acid groups (broad SMARTS) is 4. The van der Waals surface area contributed by atoms with E-state index in [1.54, 1.807) is 6.92 Å². The van der Waals surface area contributed by atoms with Gasteiger partial charge in [0.1, 0.15) is 48.3 Å². The zero-order valence-electron chi connectivity index (χ0n) is 68.2. The van der Waals surface area contributed by atoms with Gasteiger partial charge < -0.3 is 104 Å². The van der Waals surface area contributed by atoms with Crippen LogP contribution in [0.4, 0.5) is 22.2 Å². The summed E-state index contributed by atoms with van der Waals surface area (Å²) in [5.74, 6) is -12.4. The predicted molar refractivity (Wildman–Crippen MR) is 439 cm³/mol. The van der Waals surface area contributed by atoms with Crippen LogP contribution in [0.25, 0.3) is 0 Å². The van der Waals surface area contributed by atoms with Crippen molar-refractivity contribution in [3.8, 4) is 11.5 Å². The smallest absolute Gasteiger partial charge is 0.326 e. The Labute approximate surface area is 692 Å². The fraction of sp³-hybridized carbons (Fsp3) is 0.595. The van der Waals surface area contributed by atoms with Crippen LogP contribution in [-0.4, -0.2) is 251 Å². The first-order valence-electron chi connectivity index (χ1n) is 39.5. The molecular formula is C79H121Cl2N17O19+2. The standard InChI is InChI=1S/C79H119Cl2N17O19/c1-8-15-55(25-32-62(100)67-71(82)96-73(84)70(81)94-67)97(4,5)35-13-17-50-21-29-59(30-22-50)117-42-40-115-38-34-88-79(113)93-61(77(111)112)31-26-57(99)43-52(45-64(102)103)75(109)92-60(20-12-33-87-78(85)86)63(101)44-53(46-65(104)105)74(108)91-54(47-66(106)107)19-10-11-37-114-39-41-116-58-27-23-51(24-28-58)18-14-36-98(6,7)56(16-9-2)48-89-76(110)68-72(83)90-49(3)69(80)95-68/h21-24,27-30,52-56,60-61H,8-20,25-26,31-48H2,1-7H3,(H17-2,82,83,84,85,86,87,88,89,90,91,92,93,96,100,102,103,104,105,106,107,108,109,110,111,112,113)/p+2/t52-,53-,54+,55-,56-,60-,61-/m0/s1. The quantitative estimate of drug-likeness (QED) is 0.00808. The van der Waals surface area contributed by atoms with Crippen molar-refractivity contribution in [1.29, 1.82) is 0 Å². The van der Waals surface area contributed by atoms with Gasteiger partial charge in [0, 0.05) is 77.1 Å². The van der Waals surface area contributed by atoms with E-state index >= 15 is 0 Å². The van der Waals surface area contributed by atoms with Gasteiger partial charge in [0.2, 0.25) is 11.8 Å². The minimum Gasteiger partial charge on any atom is -0.491 e. The first-order valence-corrected chi connectivity index (χ1v) is 40.2. The van der Waals surface area contributed by atoms with E-state index in [-0.39, 0.29) is 141 Å². The maximum absolute atomic E-state index is 14.1. The van der Waals surface area contributed by atoms with Crippen LogP contribution in [0.3, 0.4) is 0 Å². The summed E-state index contributed by atoms with van der Waals surface area (Å²) in [6, 6.07) is 10.8. The van der Waals surface area contributed by atoms with E-state index in [1.807, 2.05) is 48.5 Å². The van der Waals surface area contributed by atoms with Gasteiger partial charge in [0.15, 0.2) is 51.0 Å². The number of nitrogen functional groups attached to an aromatic ring is 3. The Bertz CT molecular complexity index is 3930. The molecule has 36 nitrogen and oxygen atoms in total. The first kappa shape index (κ1) is 99.2. The van der Waals surface area contributed by atoms with Crippen molar-refractivity contribution in [2.75, 3.05) is 118 Å². The van der Waals surface area contributed by atoms with Gasteiger partial charge in [-0.2, -0.15) is 0 Å². The second-order valence-corrected chi connectivity index (χ2v) is 30.8. The molecule has 4 rings (SSSR count). The Morgan fingerprint density at radius 2 is 1.06 bits per heavy atom. The summed E-state index contributed by atoms with van der Waals surface area (Å²) < 4.78 is 24.5. The summed E-state index contributed by atoms with van der Waals surface area (Å²) in [5.41, 5.74) is 31.2. The molecule has 117 heavy (non-hydrogen) atoms. The number of hydrogen-bond acceptors (Lipinski definition) is 23. The SMILES string of the molecule is CCC[C@@H](CCC(=O)c1nc(Cl)c(N)nc1N)[N+](C)(C)CCCc1ccc(OCCOCCNC(=O)N[C@@H](CCC(=O)C[C@@H](CC(=O)O)C(=O)N[C@@H](CCCN=C(N)N)C(=O)C[C@@H](CC(=O)O)C(=O)N[C@H](CCCCOCCOc2ccc(CCC[N+](C)(C)[C@@H](CCC)CNC(=O)c3nc(Cl)c(C)nc3N)cc2)CC(=O)O)C(=O)O)cc1. The number of amides is 5. The minimum atomic E-state index is -1.62. The van der Waals surface area contributed by atoms with Gasteiger partial charge in [0.25, 0.3) is 5.91 Å². The highest BCUT2D eigenvalue weighted by Gasteiger charge is 2.35. The largest absolute Gasteiger partial charge is 0.491 e. The molecule has 4 aromatic rings. The highest BCUT2D eigenvalue weighted by Crippen LogP contribution is 2.26. The number of anilines is 3. The van der Waals surface area contributed by atoms with Crippen LogP contribution in [0.1, 0.15) is 180 Å². The summed E-state index contributed by atoms with van der Waals surface area (Å²) in [4.78, 5) is 163. The number of benzene rings is 2. The van der Waals surface area contributed by atoms with Crippen molar-refractivity contribution in [3.63, 3.8) is 0 Å². The fourth-order valence-corrected chi connectivity index (χ4v) is 13.6. The maximum atomic E-state index is 14.1. The van der Waals surface area contributed by atoms with Crippen molar-refractivity contribution >= 4 is 112 Å². The summed E-state index contributed by atoms with van der Waals surface area (Å²) in [6.45, 7) is 8.97. The number of aromatic nitrogens is 4. The van der Waals surface area contributed by atoms with E-state index in [0.717, 1.165) is 75.6 Å². The number of carboxylic acids is 4. The minimum absolute atomic E-state index is 0.00524. The monoisotopic (exact) mass is 1680 g/mol. The molecule has 0 radical (unpaired) electrons. The molecule has 0 saturated carbocycles. The number of ketones is 3. The van der Waals surface area contributed by atoms with Crippen LogP contribution in [0.15, 0.2) is 53.5 Å². The molecule has 5 amide bonds. The van der Waals surface area contributed by atoms with Gasteiger partial charge in [-0.25, -0.2) is 29.5 Å². The predicted octanol–water partition coefficient (Wildman–Crippen LogP) is 5.87. The molecule has 0 aliphatic carbocycles. The Morgan fingerprint density at radius 3 is 1.62 bits per heavy atom. The summed E-state index contributed by atoms with van der Waals surface area (Å²) >= 11 is 12.1. The number of quaternary nitrogens is 2. The number of carbonyl (C=O) groups is 11. The number of rotatable bonds is 61. The molecule has 2 aromatic carbocycles. The van der Waals surface area contributed by atoms with E-state index in [2.05, 4.69) is 93.6 Å². The lowest BCUT2D eigenvalue weighted by Crippen LogP contribution is -2.54. The number of nitrogens with zero attached hydrogens (tertiary/aromatic N) is 7. The molecule has 0 aliphatic rings. The number of carbonyl (C=O) groups excluding carboxylic acids is 7. The molecule has 19 N–H and O–H groups in total. The van der Waals surface area contributed by atoms with Crippen LogP contribution in [0.5, 0.6) is 11.5 Å². The maximum Gasteiger partial charge on any atom is 0.326 e. The van der Waals surface area contributed by atoms with Crippen LogP contribution < -0.4 is 64.7 Å². The summed E-state index contributed by atoms with van der Waals surface area (Å²) in [5, 5.41) is 52.2. The molecule has 38 heteroatoms. The van der Waals surface area contributed by atoms with Gasteiger partial charge in [-0.05, 0) is 100 Å². The van der Waals surface area contributed by atoms with Crippen molar-refractivity contribution < 1.29 is 101 Å². The number of likely N-dealkylation sites (N-methyl/N-ethyl adjacent to an activating group) is 1. The fourth-order valence-electron chi connectivity index (χ4n) is 13.3. The van der Waals surface area contributed by atoms with Gasteiger partial charge in [-0.15, -0.1) is 0 Å². The molecule has 7 atom stereocenters. The third kappa shape index (κ3) is 38.2. The van der Waals surface area contributed by atoms with Crippen molar-refractivity contribution in [3.05, 3.63) is 87.0 Å². The Balaban J connectivity index is 1.19. The third-order valence-corrected chi connectivity index (χ3v) is 20.6. The van der Waals surface area contributed by atoms with Gasteiger partial charge in [-0.3, -0.25) is 48.1 Å². The van der Waals surface area contributed by atoms with Crippen LogP contribution in [0.2, 0.25) is 10.3 Å². The summed E-state index contributed by atoms with van der Waals surface area (Å²) in [7, 11) is 8.62. The highest BCUT2D eigenvalue weighted by atomic mass is 35.5. The Morgan fingerprint density at radius 1 is 0.521 bits per heavy atom. The lowest BCUT2D eigenvalue weighted by Gasteiger charge is -2.38. The number of hydrogen-bond donors (Lipinski definition) is 14. The van der Waals surface area contributed by atoms with E-state index < -0.39 is 134 Å². The number of aliphatic carboxylic acids is 4. The van der Waals surface area contributed by atoms with E-state index in [1.165, 1.54) is 0 Å². The Kier molecular flexibility index (Phi) is 44.0. The Hall–Kier alpha value is -10.1. The average Bonchev–Trinajstić information content (AvgIpc) is 0.839. The highest BCUT2D eigenvalue weighted by molar-refractivity contribution is 6.31. The lowest BCUT2D eigenvalue weighted by atomic mass is 9.91. The first-order chi connectivity index (χ1) is 55.4. The zero-order chi connectivity index (χ0) is 86.8. The van der Waals surface area contributed by atoms with Crippen LogP contribution >= 0.6 is 23.2 Å². The van der Waals surface area contributed by atoms with E-state index in [0.29, 0.717) is 52.0 Å². The van der Waals surface area contributed by atoms with Gasteiger partial charge >= 0.3 is 29.9 Å². The molecule has 0 spiro atoms. The third-order valence-electron chi connectivity index (χ3n) is 19.9. The number of aryl methyl sites for hydroxylation is 3. The number of urea groups is 1. The number of Topliss-reactive ketones (excluding diaryl/α,β-unsaturated/α-hetero) is 3. The number of nitrogens with one attached hydrogen (secondary N) is 5. The molecule has 0 unspecified atom stereocenters. The molecule has 2 aromatic heterocycles. The number of guanidine groups is 1. The molecule has 0 aliphatic heterocycles. The normalized spacial score (nSPS) is 13.3. The zero-order valence-corrected chi connectivity index (χ0v) is 69.7. The van der Waals surface area contributed by atoms with Crippen molar-refractivity contribution in [2.45, 2.75) is 192 Å². The second kappa shape index (κ2) is 51.8. The van der Waals surface area contributed by atoms with E-state index in [9.17, 15) is 73.2 Å². The number of halogens is 2. The molecular weight excluding hydrogens is 1560 g/mol. The molecule has 648 valence electrons. The lowest BCUT2D eigenvalue weighted by molar-refractivity contribution is -0.916. The van der Waals surface area contributed by atoms with Crippen LogP contribution in [-0.2, 0) is 60.7 Å². The molecule has 0 bridgehead atoms. The average molecular weight is 1680 g/mol. The van der Waals surface area contributed by atoms with Crippen LogP contribution in [0, 0.1) is 18.8 Å². The number of nitrogens with two attached hydrogens (primary N) is 5. The topological polar surface area (TPSA) is 560 Å². The second-order valence-electron chi connectivity index (χ2n) is 30.1. The molecule has 0 fully saturated rings. The van der Waals surface area contributed by atoms with Crippen molar-refractivity contribution in [2.24, 2.45) is 28.3 Å². The van der Waals surface area contributed by atoms with E-state index in [4.69, 9.17) is 70.8 Å². The summed E-state index contributed by atoms with van der Waals surface area (Å²) in [6.07, 6.45) is 3.81. The van der Waals surface area contributed by atoms with Crippen molar-refractivity contribution in [1.82, 2.24) is 46.5 Å². The number of aliphatic imine (C=N–C) groups is 1.